The molecule has 1 N–H and O–H groups in total. The highest BCUT2D eigenvalue weighted by Crippen LogP contribution is 2.22. The average Bonchev–Trinajstić information content (AvgIpc) is 2.39. The van der Waals surface area contributed by atoms with Gasteiger partial charge in [-0.3, -0.25) is 9.59 Å². The van der Waals surface area contributed by atoms with Gasteiger partial charge in [-0.15, -0.1) is 0 Å². The fourth-order valence-corrected chi connectivity index (χ4v) is 2.57. The van der Waals surface area contributed by atoms with Crippen LogP contribution in [0.1, 0.15) is 25.7 Å². The fourth-order valence-electron chi connectivity index (χ4n) is 2.57. The summed E-state index contributed by atoms with van der Waals surface area (Å²) in [5.41, 5.74) is 0. The van der Waals surface area contributed by atoms with Crippen molar-refractivity contribution in [3.05, 3.63) is 0 Å². The zero-order valence-corrected chi connectivity index (χ0v) is 9.93. The van der Waals surface area contributed by atoms with Gasteiger partial charge in [0.2, 0.25) is 5.91 Å². The number of likely N-dealkylation sites (tertiary alicyclic amines) is 1. The number of piperidine rings is 1. The maximum absolute atomic E-state index is 12.2. The largest absolute Gasteiger partial charge is 0.481 e. The van der Waals surface area contributed by atoms with Gasteiger partial charge >= 0.3 is 5.97 Å². The van der Waals surface area contributed by atoms with E-state index in [0.717, 1.165) is 25.9 Å². The molecule has 0 aromatic heterocycles. The van der Waals surface area contributed by atoms with Gasteiger partial charge in [0.05, 0.1) is 18.4 Å². The second-order valence-corrected chi connectivity index (χ2v) is 4.88. The van der Waals surface area contributed by atoms with Crippen molar-refractivity contribution < 1.29 is 19.4 Å². The predicted molar refractivity (Wildman–Crippen MR) is 60.5 cm³/mol. The van der Waals surface area contributed by atoms with E-state index in [-0.39, 0.29) is 11.8 Å². The Hall–Kier alpha value is -1.10. The molecule has 2 saturated heterocycles. The molecule has 2 rings (SSSR count). The number of rotatable bonds is 2. The molecule has 17 heavy (non-hydrogen) atoms. The van der Waals surface area contributed by atoms with Crippen LogP contribution in [-0.2, 0) is 14.3 Å². The molecule has 0 aromatic carbocycles. The maximum Gasteiger partial charge on any atom is 0.308 e. The van der Waals surface area contributed by atoms with E-state index in [1.165, 1.54) is 0 Å². The molecule has 2 fully saturated rings. The monoisotopic (exact) mass is 241 g/mol. The Morgan fingerprint density at radius 3 is 2.59 bits per heavy atom. The van der Waals surface area contributed by atoms with E-state index >= 15 is 0 Å². The third-order valence-electron chi connectivity index (χ3n) is 3.59. The molecule has 5 heteroatoms. The van der Waals surface area contributed by atoms with Crippen LogP contribution in [0.4, 0.5) is 0 Å². The van der Waals surface area contributed by atoms with Crippen LogP contribution in [0.25, 0.3) is 0 Å². The zero-order valence-electron chi connectivity index (χ0n) is 9.93. The third-order valence-corrected chi connectivity index (χ3v) is 3.59. The van der Waals surface area contributed by atoms with Gasteiger partial charge in [-0.1, -0.05) is 0 Å². The zero-order chi connectivity index (χ0) is 12.3. The van der Waals surface area contributed by atoms with E-state index in [0.29, 0.717) is 26.1 Å². The first-order chi connectivity index (χ1) is 8.18. The number of ether oxygens (including phenoxy) is 1. The van der Waals surface area contributed by atoms with Crippen LogP contribution < -0.4 is 0 Å². The molecule has 1 unspecified atom stereocenters. The topological polar surface area (TPSA) is 66.8 Å². The Balaban J connectivity index is 1.91. The number of carboxylic acids is 1. The van der Waals surface area contributed by atoms with Crippen molar-refractivity contribution in [3.8, 4) is 0 Å². The summed E-state index contributed by atoms with van der Waals surface area (Å²) in [6.07, 6.45) is 3.26. The van der Waals surface area contributed by atoms with Gasteiger partial charge in [0, 0.05) is 19.7 Å². The second-order valence-electron chi connectivity index (χ2n) is 4.88. The van der Waals surface area contributed by atoms with Crippen LogP contribution in [0.15, 0.2) is 0 Å². The van der Waals surface area contributed by atoms with Gasteiger partial charge in [0.1, 0.15) is 0 Å². The Morgan fingerprint density at radius 2 is 1.94 bits per heavy atom. The SMILES string of the molecule is O=C(O)[C@@H]1CCCN(C(=O)C2CCCOC2)C1. The van der Waals surface area contributed by atoms with E-state index in [1.807, 2.05) is 0 Å². The van der Waals surface area contributed by atoms with E-state index in [9.17, 15) is 9.59 Å². The van der Waals surface area contributed by atoms with Gasteiger partial charge in [-0.2, -0.15) is 0 Å². The lowest BCUT2D eigenvalue weighted by atomic mass is 9.95. The second kappa shape index (κ2) is 5.49. The number of amides is 1. The summed E-state index contributed by atoms with van der Waals surface area (Å²) in [6, 6.07) is 0. The van der Waals surface area contributed by atoms with E-state index in [2.05, 4.69) is 0 Å². The standard InChI is InChI=1S/C12H19NO4/c14-11(10-4-2-6-17-8-10)13-5-1-3-9(7-13)12(15)16/h9-10H,1-8H2,(H,15,16)/t9-,10?/m1/s1. The minimum Gasteiger partial charge on any atom is -0.481 e. The first-order valence-corrected chi connectivity index (χ1v) is 6.28. The Morgan fingerprint density at radius 1 is 1.18 bits per heavy atom. The smallest absolute Gasteiger partial charge is 0.308 e. The molecule has 0 bridgehead atoms. The number of carboxylic acid groups (broad SMARTS) is 1. The van der Waals surface area contributed by atoms with E-state index in [4.69, 9.17) is 9.84 Å². The molecule has 1 amide bonds. The number of carbonyl (C=O) groups excluding carboxylic acids is 1. The molecular formula is C12H19NO4. The van der Waals surface area contributed by atoms with E-state index in [1.54, 1.807) is 4.90 Å². The van der Waals surface area contributed by atoms with Gasteiger partial charge in [-0.05, 0) is 25.7 Å². The van der Waals surface area contributed by atoms with Gasteiger partial charge in [-0.25, -0.2) is 0 Å². The summed E-state index contributed by atoms with van der Waals surface area (Å²) in [4.78, 5) is 24.8. The number of aliphatic carboxylic acids is 1. The van der Waals surface area contributed by atoms with Crippen LogP contribution in [-0.4, -0.2) is 48.2 Å². The summed E-state index contributed by atoms with van der Waals surface area (Å²) < 4.78 is 5.30. The van der Waals surface area contributed by atoms with Gasteiger partial charge in [0.25, 0.3) is 0 Å². The van der Waals surface area contributed by atoms with Crippen LogP contribution in [0.5, 0.6) is 0 Å². The normalized spacial score (nSPS) is 30.0. The molecule has 0 radical (unpaired) electrons. The van der Waals surface area contributed by atoms with Crippen molar-refractivity contribution in [2.24, 2.45) is 11.8 Å². The molecule has 0 saturated carbocycles. The van der Waals surface area contributed by atoms with Crippen LogP contribution >= 0.6 is 0 Å². The number of hydrogen-bond acceptors (Lipinski definition) is 3. The van der Waals surface area contributed by atoms with Crippen LogP contribution in [0.3, 0.4) is 0 Å². The third kappa shape index (κ3) is 2.97. The summed E-state index contributed by atoms with van der Waals surface area (Å²) in [5, 5.41) is 8.99. The average molecular weight is 241 g/mol. The Labute approximate surface area is 101 Å². The lowest BCUT2D eigenvalue weighted by molar-refractivity contribution is -0.148. The summed E-state index contributed by atoms with van der Waals surface area (Å²) in [6.45, 7) is 2.29. The first kappa shape index (κ1) is 12.4. The first-order valence-electron chi connectivity index (χ1n) is 6.28. The van der Waals surface area contributed by atoms with Crippen molar-refractivity contribution in [1.29, 1.82) is 0 Å². The summed E-state index contributed by atoms with van der Waals surface area (Å²) in [7, 11) is 0. The lowest BCUT2D eigenvalue weighted by Gasteiger charge is -2.34. The molecule has 96 valence electrons. The van der Waals surface area contributed by atoms with Gasteiger partial charge in [0.15, 0.2) is 0 Å². The lowest BCUT2D eigenvalue weighted by Crippen LogP contribution is -2.46. The molecule has 0 aromatic rings. The molecule has 2 aliphatic rings. The molecule has 2 aliphatic heterocycles. The summed E-state index contributed by atoms with van der Waals surface area (Å²) >= 11 is 0. The highest BCUT2D eigenvalue weighted by molar-refractivity contribution is 5.80. The van der Waals surface area contributed by atoms with Crippen molar-refractivity contribution in [1.82, 2.24) is 4.90 Å². The van der Waals surface area contributed by atoms with Crippen molar-refractivity contribution in [3.63, 3.8) is 0 Å². The molecule has 0 aliphatic carbocycles. The number of carbonyl (C=O) groups is 2. The molecular weight excluding hydrogens is 222 g/mol. The number of hydrogen-bond donors (Lipinski definition) is 1. The maximum atomic E-state index is 12.2. The molecule has 0 spiro atoms. The van der Waals surface area contributed by atoms with Crippen LogP contribution in [0.2, 0.25) is 0 Å². The quantitative estimate of drug-likeness (QED) is 0.774. The molecule has 2 heterocycles. The van der Waals surface area contributed by atoms with Crippen molar-refractivity contribution >= 4 is 11.9 Å². The fraction of sp³-hybridized carbons (Fsp3) is 0.833. The number of nitrogens with zero attached hydrogens (tertiary/aromatic N) is 1. The van der Waals surface area contributed by atoms with Crippen molar-refractivity contribution in [2.75, 3.05) is 26.3 Å². The molecule has 5 nitrogen and oxygen atoms in total. The summed E-state index contributed by atoms with van der Waals surface area (Å²) in [5.74, 6) is -1.16. The van der Waals surface area contributed by atoms with Gasteiger partial charge < -0.3 is 14.7 Å². The Bertz CT molecular complexity index is 299. The predicted octanol–water partition coefficient (Wildman–Crippen LogP) is 0.736. The minimum absolute atomic E-state index is 0.0590. The minimum atomic E-state index is -0.789. The highest BCUT2D eigenvalue weighted by atomic mass is 16.5. The highest BCUT2D eigenvalue weighted by Gasteiger charge is 2.32. The Kier molecular flexibility index (Phi) is 3.99. The van der Waals surface area contributed by atoms with Crippen molar-refractivity contribution in [2.45, 2.75) is 25.7 Å². The molecule has 2 atom stereocenters. The van der Waals surface area contributed by atoms with E-state index < -0.39 is 11.9 Å². The van der Waals surface area contributed by atoms with Crippen LogP contribution in [0, 0.1) is 11.8 Å².